The van der Waals surface area contributed by atoms with Crippen molar-refractivity contribution in [2.45, 2.75) is 30.3 Å². The van der Waals surface area contributed by atoms with E-state index in [4.69, 9.17) is 23.2 Å². The van der Waals surface area contributed by atoms with Crippen LogP contribution in [0.2, 0.25) is 10.0 Å². The molecule has 4 rings (SSSR count). The summed E-state index contributed by atoms with van der Waals surface area (Å²) in [6.45, 7) is 0.438. The van der Waals surface area contributed by atoms with E-state index in [9.17, 15) is 13.2 Å². The van der Waals surface area contributed by atoms with Crippen LogP contribution in [0.25, 0.3) is 0 Å². The molecule has 2 aromatic heterocycles. The maximum atomic E-state index is 12.7. The van der Waals surface area contributed by atoms with Crippen LogP contribution in [0.15, 0.2) is 53.7 Å². The fourth-order valence-corrected chi connectivity index (χ4v) is 4.91. The predicted molar refractivity (Wildman–Crippen MR) is 113 cm³/mol. The highest BCUT2D eigenvalue weighted by Crippen LogP contribution is 2.31. The van der Waals surface area contributed by atoms with Gasteiger partial charge in [0.25, 0.3) is 5.91 Å². The predicted octanol–water partition coefficient (Wildman–Crippen LogP) is 3.33. The van der Waals surface area contributed by atoms with Gasteiger partial charge >= 0.3 is 0 Å². The van der Waals surface area contributed by atoms with E-state index < -0.39 is 15.9 Å². The van der Waals surface area contributed by atoms with Crippen LogP contribution in [0.4, 0.5) is 5.82 Å². The molecule has 30 heavy (non-hydrogen) atoms. The summed E-state index contributed by atoms with van der Waals surface area (Å²) in [6, 6.07) is 9.52. The second-order valence-corrected chi connectivity index (χ2v) is 9.33. The SMILES string of the molecule is O=C(Nc1ccn(Cc2ccccn2)n1)c1cc(S(=O)(=O)NC2CC2)c(Cl)cc1Cl. The summed E-state index contributed by atoms with van der Waals surface area (Å²) in [4.78, 5) is 16.8. The number of nitrogens with one attached hydrogen (secondary N) is 2. The van der Waals surface area contributed by atoms with Crippen molar-refractivity contribution >= 4 is 45.0 Å². The molecule has 1 fully saturated rings. The number of pyridine rings is 1. The highest BCUT2D eigenvalue weighted by Gasteiger charge is 2.30. The Hall–Kier alpha value is -2.46. The Labute approximate surface area is 183 Å². The van der Waals surface area contributed by atoms with Gasteiger partial charge in [0.1, 0.15) is 4.90 Å². The molecule has 0 unspecified atom stereocenters. The Morgan fingerprint density at radius 2 is 1.97 bits per heavy atom. The van der Waals surface area contributed by atoms with E-state index in [1.807, 2.05) is 18.2 Å². The van der Waals surface area contributed by atoms with Gasteiger partial charge in [-0.3, -0.25) is 14.5 Å². The Bertz CT molecular complexity index is 1190. The molecule has 1 aromatic carbocycles. The number of hydrogen-bond donors (Lipinski definition) is 2. The molecule has 11 heteroatoms. The van der Waals surface area contributed by atoms with Crippen molar-refractivity contribution < 1.29 is 13.2 Å². The van der Waals surface area contributed by atoms with Gasteiger partial charge in [-0.05, 0) is 37.1 Å². The van der Waals surface area contributed by atoms with Crippen LogP contribution in [0.5, 0.6) is 0 Å². The number of halogens is 2. The summed E-state index contributed by atoms with van der Waals surface area (Å²) in [7, 11) is -3.85. The molecule has 0 radical (unpaired) electrons. The molecular formula is C19H17Cl2N5O3S. The lowest BCUT2D eigenvalue weighted by Gasteiger charge is -2.11. The lowest BCUT2D eigenvalue weighted by molar-refractivity contribution is 0.102. The highest BCUT2D eigenvalue weighted by atomic mass is 35.5. The number of nitrogens with zero attached hydrogens (tertiary/aromatic N) is 3. The first-order valence-electron chi connectivity index (χ1n) is 9.08. The fourth-order valence-electron chi connectivity index (χ4n) is 2.75. The Kier molecular flexibility index (Phi) is 5.79. The third-order valence-electron chi connectivity index (χ3n) is 4.39. The van der Waals surface area contributed by atoms with E-state index in [1.54, 1.807) is 23.1 Å². The number of carbonyl (C=O) groups excluding carboxylic acids is 1. The number of benzene rings is 1. The number of sulfonamides is 1. The first-order chi connectivity index (χ1) is 14.3. The zero-order valence-electron chi connectivity index (χ0n) is 15.5. The van der Waals surface area contributed by atoms with Crippen LogP contribution in [0.3, 0.4) is 0 Å². The maximum Gasteiger partial charge on any atom is 0.258 e. The zero-order valence-corrected chi connectivity index (χ0v) is 17.9. The highest BCUT2D eigenvalue weighted by molar-refractivity contribution is 7.89. The van der Waals surface area contributed by atoms with Gasteiger partial charge in [-0.25, -0.2) is 13.1 Å². The minimum atomic E-state index is -3.85. The van der Waals surface area contributed by atoms with Gasteiger partial charge < -0.3 is 5.32 Å². The molecule has 0 spiro atoms. The van der Waals surface area contributed by atoms with Crippen molar-refractivity contribution in [1.29, 1.82) is 0 Å². The third kappa shape index (κ3) is 4.81. The lowest BCUT2D eigenvalue weighted by atomic mass is 10.2. The summed E-state index contributed by atoms with van der Waals surface area (Å²) in [6.07, 6.45) is 4.94. The summed E-state index contributed by atoms with van der Waals surface area (Å²) in [5.74, 6) is -0.301. The van der Waals surface area contributed by atoms with E-state index in [0.29, 0.717) is 12.4 Å². The average Bonchev–Trinajstić information content (AvgIpc) is 3.39. The Morgan fingerprint density at radius 3 is 2.67 bits per heavy atom. The van der Waals surface area contributed by atoms with Gasteiger partial charge in [-0.2, -0.15) is 5.10 Å². The third-order valence-corrected chi connectivity index (χ3v) is 6.69. The summed E-state index contributed by atoms with van der Waals surface area (Å²) >= 11 is 12.2. The van der Waals surface area contributed by atoms with Gasteiger partial charge in [0.05, 0.1) is 27.8 Å². The maximum absolute atomic E-state index is 12.7. The van der Waals surface area contributed by atoms with Crippen LogP contribution in [0, 0.1) is 0 Å². The van der Waals surface area contributed by atoms with E-state index in [0.717, 1.165) is 18.5 Å². The van der Waals surface area contributed by atoms with Crippen molar-refractivity contribution in [2.75, 3.05) is 5.32 Å². The molecule has 156 valence electrons. The molecule has 1 aliphatic carbocycles. The molecule has 0 saturated heterocycles. The zero-order chi connectivity index (χ0) is 21.3. The largest absolute Gasteiger partial charge is 0.305 e. The summed E-state index contributed by atoms with van der Waals surface area (Å²) < 4.78 is 29.2. The monoisotopic (exact) mass is 465 g/mol. The van der Waals surface area contributed by atoms with Gasteiger partial charge in [0.2, 0.25) is 10.0 Å². The molecule has 8 nitrogen and oxygen atoms in total. The van der Waals surface area contributed by atoms with Gasteiger partial charge in [-0.1, -0.05) is 29.3 Å². The van der Waals surface area contributed by atoms with Gasteiger partial charge in [0, 0.05) is 24.5 Å². The smallest absolute Gasteiger partial charge is 0.258 e. The number of carbonyl (C=O) groups is 1. The molecule has 1 aliphatic rings. The second-order valence-electron chi connectivity index (χ2n) is 6.83. The number of rotatable bonds is 7. The molecule has 3 aromatic rings. The minimum Gasteiger partial charge on any atom is -0.305 e. The van der Waals surface area contributed by atoms with E-state index in [1.165, 1.54) is 12.1 Å². The molecule has 0 aliphatic heterocycles. The summed E-state index contributed by atoms with van der Waals surface area (Å²) in [5.41, 5.74) is 0.800. The van der Waals surface area contributed by atoms with E-state index >= 15 is 0 Å². The van der Waals surface area contributed by atoms with Crippen molar-refractivity contribution in [2.24, 2.45) is 0 Å². The normalized spacial score (nSPS) is 13.9. The van der Waals surface area contributed by atoms with Crippen LogP contribution in [-0.2, 0) is 16.6 Å². The lowest BCUT2D eigenvalue weighted by Crippen LogP contribution is -2.26. The molecule has 0 atom stereocenters. The van der Waals surface area contributed by atoms with Crippen molar-refractivity contribution in [3.8, 4) is 0 Å². The van der Waals surface area contributed by atoms with Gasteiger partial charge in [0.15, 0.2) is 5.82 Å². The first kappa shape index (κ1) is 20.8. The quantitative estimate of drug-likeness (QED) is 0.556. The molecule has 1 saturated carbocycles. The topological polar surface area (TPSA) is 106 Å². The van der Waals surface area contributed by atoms with E-state index in [2.05, 4.69) is 20.1 Å². The van der Waals surface area contributed by atoms with Crippen LogP contribution in [0.1, 0.15) is 28.9 Å². The number of anilines is 1. The molecule has 2 heterocycles. The van der Waals surface area contributed by atoms with Crippen molar-refractivity contribution in [3.05, 3.63) is 70.1 Å². The van der Waals surface area contributed by atoms with Crippen LogP contribution >= 0.6 is 23.2 Å². The number of amides is 1. The fraction of sp³-hybridized carbons (Fsp3) is 0.211. The summed E-state index contributed by atoms with van der Waals surface area (Å²) in [5, 5.41) is 6.89. The molecule has 0 bridgehead atoms. The minimum absolute atomic E-state index is 0.0171. The standard InChI is InChI=1S/C19H17Cl2N5O3S/c20-15-10-16(21)17(30(28,29)25-12-4-5-12)9-14(15)19(27)23-18-6-8-26(24-18)11-13-3-1-2-7-22-13/h1-3,6-10,12,25H,4-5,11H2,(H,23,24,27). The van der Waals surface area contributed by atoms with Crippen LogP contribution < -0.4 is 10.0 Å². The average molecular weight is 466 g/mol. The Morgan fingerprint density at radius 1 is 1.17 bits per heavy atom. The number of hydrogen-bond acceptors (Lipinski definition) is 5. The molecule has 1 amide bonds. The van der Waals surface area contributed by atoms with Crippen LogP contribution in [-0.4, -0.2) is 35.1 Å². The second kappa shape index (κ2) is 8.35. The Balaban J connectivity index is 1.53. The van der Waals surface area contributed by atoms with Crippen molar-refractivity contribution in [3.63, 3.8) is 0 Å². The number of aromatic nitrogens is 3. The van der Waals surface area contributed by atoms with Crippen molar-refractivity contribution in [1.82, 2.24) is 19.5 Å². The van der Waals surface area contributed by atoms with Gasteiger partial charge in [-0.15, -0.1) is 0 Å². The first-order valence-corrected chi connectivity index (χ1v) is 11.3. The molecule has 2 N–H and O–H groups in total. The van der Waals surface area contributed by atoms with E-state index in [-0.39, 0.29) is 26.5 Å². The molecular weight excluding hydrogens is 449 g/mol.